The molecule has 0 radical (unpaired) electrons. The Morgan fingerprint density at radius 1 is 1.11 bits per heavy atom. The van der Waals surface area contributed by atoms with Crippen LogP contribution in [-0.2, 0) is 4.79 Å². The van der Waals surface area contributed by atoms with E-state index in [1.165, 1.54) is 19.3 Å². The standard InChI is InChI=1S/C22H28ClN3O2/c1-14-9-10-20(19(23)11-14)25-21(27)13-24-22(28)18-12-15(2)26(16(18)3)17-7-5-4-6-8-17/h9-12,17H,4-8,13H2,1-3H3,(H,24,28)(H,25,27). The monoisotopic (exact) mass is 401 g/mol. The number of aryl methyl sites for hydroxylation is 2. The van der Waals surface area contributed by atoms with E-state index >= 15 is 0 Å². The number of hydrogen-bond acceptors (Lipinski definition) is 2. The van der Waals surface area contributed by atoms with Gasteiger partial charge >= 0.3 is 0 Å². The number of carbonyl (C=O) groups is 2. The van der Waals surface area contributed by atoms with Gasteiger partial charge in [-0.2, -0.15) is 0 Å². The summed E-state index contributed by atoms with van der Waals surface area (Å²) in [5.74, 6) is -0.527. The zero-order valence-corrected chi connectivity index (χ0v) is 17.5. The van der Waals surface area contributed by atoms with E-state index in [4.69, 9.17) is 11.6 Å². The number of amides is 2. The molecule has 1 aromatic heterocycles. The Kier molecular flexibility index (Phi) is 6.45. The Bertz CT molecular complexity index is 882. The highest BCUT2D eigenvalue weighted by Crippen LogP contribution is 2.32. The number of carbonyl (C=O) groups excluding carboxylic acids is 2. The molecule has 1 aromatic carbocycles. The van der Waals surface area contributed by atoms with Gasteiger partial charge in [0.1, 0.15) is 0 Å². The molecule has 6 heteroatoms. The minimum atomic E-state index is -0.305. The Morgan fingerprint density at radius 2 is 1.82 bits per heavy atom. The van der Waals surface area contributed by atoms with Crippen molar-refractivity contribution in [1.29, 1.82) is 0 Å². The fourth-order valence-corrected chi connectivity index (χ4v) is 4.36. The van der Waals surface area contributed by atoms with Crippen molar-refractivity contribution in [3.63, 3.8) is 0 Å². The molecule has 1 saturated carbocycles. The summed E-state index contributed by atoms with van der Waals surface area (Å²) >= 11 is 6.14. The van der Waals surface area contributed by atoms with Gasteiger partial charge in [-0.15, -0.1) is 0 Å². The number of benzene rings is 1. The average Bonchev–Trinajstić information content (AvgIpc) is 2.97. The maximum absolute atomic E-state index is 12.7. The number of halogens is 1. The zero-order valence-electron chi connectivity index (χ0n) is 16.8. The second-order valence-electron chi connectivity index (χ2n) is 7.66. The molecule has 150 valence electrons. The van der Waals surface area contributed by atoms with Gasteiger partial charge in [0.05, 0.1) is 22.8 Å². The minimum absolute atomic E-state index is 0.101. The molecular weight excluding hydrogens is 374 g/mol. The number of hydrogen-bond donors (Lipinski definition) is 2. The normalized spacial score (nSPS) is 14.7. The van der Waals surface area contributed by atoms with Gasteiger partial charge in [-0.1, -0.05) is 36.9 Å². The Hall–Kier alpha value is -2.27. The van der Waals surface area contributed by atoms with E-state index < -0.39 is 0 Å². The van der Waals surface area contributed by atoms with E-state index in [9.17, 15) is 9.59 Å². The largest absolute Gasteiger partial charge is 0.345 e. The van der Waals surface area contributed by atoms with E-state index in [0.29, 0.717) is 22.3 Å². The molecule has 0 aliphatic heterocycles. The molecule has 1 aliphatic carbocycles. The van der Waals surface area contributed by atoms with Crippen LogP contribution in [0.15, 0.2) is 24.3 Å². The van der Waals surface area contributed by atoms with Gasteiger partial charge in [0, 0.05) is 17.4 Å². The summed E-state index contributed by atoms with van der Waals surface area (Å²) in [7, 11) is 0. The first-order valence-corrected chi connectivity index (χ1v) is 10.3. The van der Waals surface area contributed by atoms with E-state index in [-0.39, 0.29) is 18.4 Å². The van der Waals surface area contributed by atoms with Crippen LogP contribution in [0.25, 0.3) is 0 Å². The number of anilines is 1. The second kappa shape index (κ2) is 8.82. The highest BCUT2D eigenvalue weighted by molar-refractivity contribution is 6.33. The van der Waals surface area contributed by atoms with Crippen molar-refractivity contribution in [1.82, 2.24) is 9.88 Å². The highest BCUT2D eigenvalue weighted by atomic mass is 35.5. The van der Waals surface area contributed by atoms with Gasteiger partial charge in [0.15, 0.2) is 0 Å². The SMILES string of the molecule is Cc1ccc(NC(=O)CNC(=O)c2cc(C)n(C3CCCCC3)c2C)c(Cl)c1. The topological polar surface area (TPSA) is 63.1 Å². The summed E-state index contributed by atoms with van der Waals surface area (Å²) in [6.45, 7) is 5.87. The highest BCUT2D eigenvalue weighted by Gasteiger charge is 2.22. The first kappa shape index (κ1) is 20.5. The second-order valence-corrected chi connectivity index (χ2v) is 8.07. The summed E-state index contributed by atoms with van der Waals surface area (Å²) in [6, 6.07) is 7.82. The van der Waals surface area contributed by atoms with Crippen LogP contribution in [0.5, 0.6) is 0 Å². The summed E-state index contributed by atoms with van der Waals surface area (Å²) < 4.78 is 2.29. The lowest BCUT2D eigenvalue weighted by Crippen LogP contribution is -2.33. The van der Waals surface area contributed by atoms with Crippen molar-refractivity contribution in [2.75, 3.05) is 11.9 Å². The molecular formula is C22H28ClN3O2. The molecule has 2 aromatic rings. The molecule has 5 nitrogen and oxygen atoms in total. The van der Waals surface area contributed by atoms with Crippen LogP contribution in [0.4, 0.5) is 5.69 Å². The van der Waals surface area contributed by atoms with Crippen molar-refractivity contribution in [2.24, 2.45) is 0 Å². The number of nitrogens with one attached hydrogen (secondary N) is 2. The molecule has 1 aliphatic rings. The predicted octanol–water partition coefficient (Wildman–Crippen LogP) is 4.94. The Balaban J connectivity index is 1.62. The van der Waals surface area contributed by atoms with Gasteiger partial charge in [-0.05, 0) is 57.4 Å². The molecule has 2 N–H and O–H groups in total. The van der Waals surface area contributed by atoms with E-state index in [1.807, 2.05) is 32.9 Å². The third-order valence-electron chi connectivity index (χ3n) is 5.48. The van der Waals surface area contributed by atoms with Gasteiger partial charge in [0.2, 0.25) is 5.91 Å². The van der Waals surface area contributed by atoms with Crippen LogP contribution >= 0.6 is 11.6 Å². The molecule has 0 saturated heterocycles. The molecule has 1 heterocycles. The van der Waals surface area contributed by atoms with Crippen molar-refractivity contribution < 1.29 is 9.59 Å². The third kappa shape index (κ3) is 4.58. The van der Waals surface area contributed by atoms with Crippen molar-refractivity contribution in [3.05, 3.63) is 51.8 Å². The zero-order chi connectivity index (χ0) is 20.3. The van der Waals surface area contributed by atoms with Crippen LogP contribution in [0, 0.1) is 20.8 Å². The van der Waals surface area contributed by atoms with Crippen LogP contribution < -0.4 is 10.6 Å². The van der Waals surface area contributed by atoms with Gasteiger partial charge in [-0.3, -0.25) is 9.59 Å². The van der Waals surface area contributed by atoms with E-state index in [2.05, 4.69) is 15.2 Å². The summed E-state index contributed by atoms with van der Waals surface area (Å²) in [4.78, 5) is 24.9. The van der Waals surface area contributed by atoms with Crippen molar-refractivity contribution in [3.8, 4) is 0 Å². The molecule has 3 rings (SSSR count). The summed E-state index contributed by atoms with van der Waals surface area (Å²) in [5, 5.41) is 5.95. The first-order chi connectivity index (χ1) is 13.4. The lowest BCUT2D eigenvalue weighted by molar-refractivity contribution is -0.115. The van der Waals surface area contributed by atoms with Crippen LogP contribution in [0.2, 0.25) is 5.02 Å². The molecule has 2 amide bonds. The quantitative estimate of drug-likeness (QED) is 0.745. The van der Waals surface area contributed by atoms with E-state index in [1.54, 1.807) is 12.1 Å². The number of aromatic nitrogens is 1. The Morgan fingerprint density at radius 3 is 2.50 bits per heavy atom. The Labute approximate surface area is 171 Å². The first-order valence-electron chi connectivity index (χ1n) is 9.89. The van der Waals surface area contributed by atoms with Crippen LogP contribution in [0.1, 0.15) is 65.5 Å². The number of rotatable bonds is 5. The molecule has 0 spiro atoms. The smallest absolute Gasteiger partial charge is 0.253 e. The maximum Gasteiger partial charge on any atom is 0.253 e. The molecule has 28 heavy (non-hydrogen) atoms. The molecule has 0 unspecified atom stereocenters. The lowest BCUT2D eigenvalue weighted by Gasteiger charge is -2.26. The third-order valence-corrected chi connectivity index (χ3v) is 5.79. The van der Waals surface area contributed by atoms with Crippen LogP contribution in [0.3, 0.4) is 0 Å². The van der Waals surface area contributed by atoms with Gasteiger partial charge in [-0.25, -0.2) is 0 Å². The van der Waals surface area contributed by atoms with Gasteiger partial charge in [0.25, 0.3) is 5.91 Å². The predicted molar refractivity (Wildman–Crippen MR) is 113 cm³/mol. The number of nitrogens with zero attached hydrogens (tertiary/aromatic N) is 1. The lowest BCUT2D eigenvalue weighted by atomic mass is 9.95. The maximum atomic E-state index is 12.7. The molecule has 0 bridgehead atoms. The van der Waals surface area contributed by atoms with Crippen molar-refractivity contribution >= 4 is 29.1 Å². The molecule has 0 atom stereocenters. The van der Waals surface area contributed by atoms with Crippen molar-refractivity contribution in [2.45, 2.75) is 58.9 Å². The average molecular weight is 402 g/mol. The van der Waals surface area contributed by atoms with Gasteiger partial charge < -0.3 is 15.2 Å². The minimum Gasteiger partial charge on any atom is -0.345 e. The van der Waals surface area contributed by atoms with E-state index in [0.717, 1.165) is 29.8 Å². The summed E-state index contributed by atoms with van der Waals surface area (Å²) in [5.41, 5.74) is 4.28. The fourth-order valence-electron chi connectivity index (χ4n) is 4.08. The van der Waals surface area contributed by atoms with Crippen LogP contribution in [-0.4, -0.2) is 22.9 Å². The fraction of sp³-hybridized carbons (Fsp3) is 0.455. The molecule has 1 fully saturated rings. The summed E-state index contributed by atoms with van der Waals surface area (Å²) in [6.07, 6.45) is 6.10.